The van der Waals surface area contributed by atoms with E-state index in [1.54, 1.807) is 44.4 Å². The van der Waals surface area contributed by atoms with Crippen molar-refractivity contribution in [2.45, 2.75) is 19.8 Å². The number of benzene rings is 1. The van der Waals surface area contributed by atoms with Gasteiger partial charge in [0, 0.05) is 10.9 Å². The summed E-state index contributed by atoms with van der Waals surface area (Å²) in [6, 6.07) is 3.60. The van der Waals surface area contributed by atoms with Gasteiger partial charge in [0.25, 0.3) is 0 Å². The predicted octanol–water partition coefficient (Wildman–Crippen LogP) is 4.10. The minimum Gasteiger partial charge on any atom is -0.493 e. The number of nitrogens with one attached hydrogen (secondary N) is 1. The predicted molar refractivity (Wildman–Crippen MR) is 112 cm³/mol. The number of hydrogen-bond acceptors (Lipinski definition) is 8. The van der Waals surface area contributed by atoms with E-state index in [0.29, 0.717) is 33.8 Å². The quantitative estimate of drug-likeness (QED) is 0.458. The number of rotatable bonds is 7. The van der Waals surface area contributed by atoms with Crippen LogP contribution in [0.4, 0.5) is 0 Å². The fourth-order valence-electron chi connectivity index (χ4n) is 2.49. The fourth-order valence-corrected chi connectivity index (χ4v) is 3.62. The lowest BCUT2D eigenvalue weighted by atomic mass is 10.2. The Kier molecular flexibility index (Phi) is 6.10. The van der Waals surface area contributed by atoms with E-state index in [0.717, 1.165) is 16.3 Å². The van der Waals surface area contributed by atoms with Crippen molar-refractivity contribution in [1.29, 1.82) is 0 Å². The Bertz CT molecular complexity index is 1030. The van der Waals surface area contributed by atoms with Gasteiger partial charge in [0.1, 0.15) is 0 Å². The number of methoxy groups -OCH3 is 3. The van der Waals surface area contributed by atoms with Crippen LogP contribution in [-0.2, 0) is 0 Å². The fraction of sp³-hybridized carbons (Fsp3) is 0.333. The highest BCUT2D eigenvalue weighted by Gasteiger charge is 2.15. The lowest BCUT2D eigenvalue weighted by molar-refractivity contribution is 0.324. The van der Waals surface area contributed by atoms with Crippen molar-refractivity contribution in [3.8, 4) is 28.1 Å². The number of nitrogens with zero attached hydrogens (tertiary/aromatic N) is 4. The molecule has 0 unspecified atom stereocenters. The molecule has 3 rings (SSSR count). The van der Waals surface area contributed by atoms with E-state index in [-0.39, 0.29) is 0 Å². The van der Waals surface area contributed by atoms with E-state index in [1.165, 1.54) is 11.3 Å². The standard InChI is InChI=1S/C18H21N5O3S2/c1-10(2)12-9-28-17(20-12)16-21-22-18(27)23(16)19-8-11-6-13(24-3)15(26-5)14(7-11)25-4/h6-10H,1-5H3,(H,22,27)/b19-8+. The zero-order chi connectivity index (χ0) is 20.3. The van der Waals surface area contributed by atoms with Crippen LogP contribution in [0.1, 0.15) is 31.0 Å². The molecule has 0 aliphatic carbocycles. The maximum atomic E-state index is 5.38. The number of thiazole rings is 1. The third kappa shape index (κ3) is 3.92. The van der Waals surface area contributed by atoms with Crippen molar-refractivity contribution in [2.24, 2.45) is 5.10 Å². The minimum absolute atomic E-state index is 0.336. The molecule has 0 aliphatic heterocycles. The summed E-state index contributed by atoms with van der Waals surface area (Å²) < 4.78 is 18.0. The van der Waals surface area contributed by atoms with Crippen LogP contribution in [0.3, 0.4) is 0 Å². The number of aromatic amines is 1. The lowest BCUT2D eigenvalue weighted by Gasteiger charge is -2.12. The molecule has 0 amide bonds. The molecule has 1 aromatic carbocycles. The maximum Gasteiger partial charge on any atom is 0.216 e. The van der Waals surface area contributed by atoms with Gasteiger partial charge in [0.05, 0.1) is 33.2 Å². The summed E-state index contributed by atoms with van der Waals surface area (Å²) in [5.74, 6) is 2.50. The van der Waals surface area contributed by atoms with Crippen LogP contribution >= 0.6 is 23.6 Å². The van der Waals surface area contributed by atoms with Crippen LogP contribution in [0.25, 0.3) is 10.8 Å². The Hall–Kier alpha value is -2.72. The molecule has 2 aromatic heterocycles. The van der Waals surface area contributed by atoms with Gasteiger partial charge in [-0.05, 0) is 30.3 Å². The monoisotopic (exact) mass is 419 g/mol. The molecule has 0 saturated heterocycles. The van der Waals surface area contributed by atoms with Gasteiger partial charge in [0.15, 0.2) is 16.5 Å². The Morgan fingerprint density at radius 3 is 2.39 bits per heavy atom. The van der Waals surface area contributed by atoms with Crippen LogP contribution in [0.5, 0.6) is 17.2 Å². The van der Waals surface area contributed by atoms with Crippen LogP contribution in [0.15, 0.2) is 22.6 Å². The molecule has 1 N–H and O–H groups in total. The summed E-state index contributed by atoms with van der Waals surface area (Å²) in [6.45, 7) is 4.19. The smallest absolute Gasteiger partial charge is 0.216 e. The molecule has 0 spiro atoms. The van der Waals surface area contributed by atoms with Crippen molar-refractivity contribution in [2.75, 3.05) is 21.3 Å². The molecule has 148 valence electrons. The molecule has 3 aromatic rings. The van der Waals surface area contributed by atoms with Gasteiger partial charge in [-0.25, -0.2) is 10.1 Å². The largest absolute Gasteiger partial charge is 0.493 e. The SMILES string of the molecule is COc1cc(/C=N/n2c(-c3nc(C(C)C)cs3)n[nH]c2=S)cc(OC)c1OC. The molecule has 8 nitrogen and oxygen atoms in total. The zero-order valence-electron chi connectivity index (χ0n) is 16.2. The summed E-state index contributed by atoms with van der Waals surface area (Å²) in [6.07, 6.45) is 1.65. The molecule has 0 atom stereocenters. The zero-order valence-corrected chi connectivity index (χ0v) is 17.8. The first-order valence-corrected chi connectivity index (χ1v) is 9.74. The molecule has 10 heteroatoms. The lowest BCUT2D eigenvalue weighted by Crippen LogP contribution is -1.98. The van der Waals surface area contributed by atoms with E-state index in [2.05, 4.69) is 34.1 Å². The summed E-state index contributed by atoms with van der Waals surface area (Å²) in [5, 5.41) is 14.3. The highest BCUT2D eigenvalue weighted by atomic mass is 32.1. The van der Waals surface area contributed by atoms with Crippen molar-refractivity contribution in [1.82, 2.24) is 19.9 Å². The second-order valence-electron chi connectivity index (χ2n) is 6.10. The first kappa shape index (κ1) is 20.0. The van der Waals surface area contributed by atoms with Crippen LogP contribution in [-0.4, -0.2) is 47.4 Å². The Labute approximate surface area is 171 Å². The highest BCUT2D eigenvalue weighted by Crippen LogP contribution is 2.37. The van der Waals surface area contributed by atoms with Gasteiger partial charge in [-0.3, -0.25) is 0 Å². The third-order valence-electron chi connectivity index (χ3n) is 3.96. The van der Waals surface area contributed by atoms with Gasteiger partial charge in [-0.2, -0.15) is 9.78 Å². The van der Waals surface area contributed by atoms with Crippen LogP contribution in [0.2, 0.25) is 0 Å². The molecule has 0 bridgehead atoms. The average molecular weight is 420 g/mol. The van der Waals surface area contributed by atoms with Gasteiger partial charge in [0.2, 0.25) is 16.3 Å². The van der Waals surface area contributed by atoms with E-state index >= 15 is 0 Å². The summed E-state index contributed by atoms with van der Waals surface area (Å²) in [4.78, 5) is 4.62. The maximum absolute atomic E-state index is 5.38. The molecular formula is C18H21N5O3S2. The van der Waals surface area contributed by atoms with Crippen molar-refractivity contribution < 1.29 is 14.2 Å². The summed E-state index contributed by atoms with van der Waals surface area (Å²) >= 11 is 6.83. The number of H-pyrrole nitrogens is 1. The summed E-state index contributed by atoms with van der Waals surface area (Å²) in [7, 11) is 4.69. The van der Waals surface area contributed by atoms with Gasteiger partial charge in [-0.1, -0.05) is 13.8 Å². The van der Waals surface area contributed by atoms with E-state index in [4.69, 9.17) is 26.4 Å². The van der Waals surface area contributed by atoms with Gasteiger partial charge >= 0.3 is 0 Å². The second-order valence-corrected chi connectivity index (χ2v) is 7.34. The first-order valence-electron chi connectivity index (χ1n) is 8.46. The third-order valence-corrected chi connectivity index (χ3v) is 5.09. The van der Waals surface area contributed by atoms with Crippen molar-refractivity contribution >= 4 is 29.8 Å². The molecule has 0 saturated carbocycles. The van der Waals surface area contributed by atoms with Gasteiger partial charge in [-0.15, -0.1) is 16.4 Å². The average Bonchev–Trinajstić information content (AvgIpc) is 3.32. The highest BCUT2D eigenvalue weighted by molar-refractivity contribution is 7.71. The molecule has 28 heavy (non-hydrogen) atoms. The molecule has 0 fully saturated rings. The molecular weight excluding hydrogens is 398 g/mol. The minimum atomic E-state index is 0.336. The normalized spacial score (nSPS) is 11.4. The van der Waals surface area contributed by atoms with Gasteiger partial charge < -0.3 is 14.2 Å². The van der Waals surface area contributed by atoms with E-state index in [9.17, 15) is 0 Å². The van der Waals surface area contributed by atoms with E-state index < -0.39 is 0 Å². The summed E-state index contributed by atoms with van der Waals surface area (Å²) in [5.41, 5.74) is 1.76. The second kappa shape index (κ2) is 8.53. The first-order chi connectivity index (χ1) is 13.5. The van der Waals surface area contributed by atoms with Crippen molar-refractivity contribution in [3.05, 3.63) is 33.5 Å². The number of aromatic nitrogens is 4. The van der Waals surface area contributed by atoms with E-state index in [1.807, 2.05) is 5.38 Å². The Morgan fingerprint density at radius 1 is 1.18 bits per heavy atom. The topological polar surface area (TPSA) is 86.6 Å². The van der Waals surface area contributed by atoms with Crippen molar-refractivity contribution in [3.63, 3.8) is 0 Å². The molecule has 0 radical (unpaired) electrons. The molecule has 2 heterocycles. The Balaban J connectivity index is 1.99. The Morgan fingerprint density at radius 2 is 1.86 bits per heavy atom. The number of ether oxygens (including phenoxy) is 3. The number of hydrogen-bond donors (Lipinski definition) is 1. The molecule has 0 aliphatic rings. The van der Waals surface area contributed by atoms with Crippen LogP contribution < -0.4 is 14.2 Å². The van der Waals surface area contributed by atoms with Crippen LogP contribution in [0, 0.1) is 4.77 Å².